The van der Waals surface area contributed by atoms with Crippen LogP contribution in [0.5, 0.6) is 0 Å². The van der Waals surface area contributed by atoms with Gasteiger partial charge in [0.25, 0.3) is 0 Å². The molecule has 1 aromatic rings. The van der Waals surface area contributed by atoms with Gasteiger partial charge in [0.1, 0.15) is 0 Å². The Morgan fingerprint density at radius 1 is 1.30 bits per heavy atom. The molecule has 1 saturated carbocycles. The van der Waals surface area contributed by atoms with Crippen LogP contribution in [0.25, 0.3) is 0 Å². The van der Waals surface area contributed by atoms with E-state index in [9.17, 15) is 4.79 Å². The summed E-state index contributed by atoms with van der Waals surface area (Å²) in [6.45, 7) is 4.50. The van der Waals surface area contributed by atoms with Crippen molar-refractivity contribution in [3.8, 4) is 0 Å². The quantitative estimate of drug-likeness (QED) is 0.817. The highest BCUT2D eigenvalue weighted by molar-refractivity contribution is 5.90. The molecule has 1 N–H and O–H groups in total. The minimum absolute atomic E-state index is 0.244. The van der Waals surface area contributed by atoms with E-state index in [0.717, 1.165) is 11.6 Å². The number of carbonyl (C=O) groups excluding carboxylic acids is 1. The van der Waals surface area contributed by atoms with Crippen LogP contribution in [0.1, 0.15) is 56.3 Å². The summed E-state index contributed by atoms with van der Waals surface area (Å²) in [5.41, 5.74) is 1.65. The van der Waals surface area contributed by atoms with E-state index in [1.165, 1.54) is 32.1 Å². The first-order valence-corrected chi connectivity index (χ1v) is 7.78. The third-order valence-corrected chi connectivity index (χ3v) is 4.16. The molecule has 3 nitrogen and oxygen atoms in total. The van der Waals surface area contributed by atoms with Crippen molar-refractivity contribution in [3.05, 3.63) is 29.8 Å². The summed E-state index contributed by atoms with van der Waals surface area (Å²) >= 11 is 0. The van der Waals surface area contributed by atoms with Gasteiger partial charge in [0, 0.05) is 11.7 Å². The van der Waals surface area contributed by atoms with Gasteiger partial charge in [-0.25, -0.2) is 4.79 Å². The highest BCUT2D eigenvalue weighted by Crippen LogP contribution is 2.29. The van der Waals surface area contributed by atoms with Crippen LogP contribution >= 0.6 is 0 Å². The van der Waals surface area contributed by atoms with Gasteiger partial charge >= 0.3 is 5.97 Å². The van der Waals surface area contributed by atoms with Gasteiger partial charge in [-0.3, -0.25) is 0 Å². The lowest BCUT2D eigenvalue weighted by Gasteiger charge is -2.32. The molecular formula is C17H25NO2. The Kier molecular flexibility index (Phi) is 5.45. The molecule has 0 aliphatic heterocycles. The molecule has 1 aliphatic rings. The van der Waals surface area contributed by atoms with Crippen LogP contribution < -0.4 is 5.32 Å². The van der Waals surface area contributed by atoms with Crippen LogP contribution in [0.4, 0.5) is 5.69 Å². The minimum Gasteiger partial charge on any atom is -0.462 e. The first-order chi connectivity index (χ1) is 9.74. The van der Waals surface area contributed by atoms with E-state index in [-0.39, 0.29) is 5.97 Å². The zero-order valence-electron chi connectivity index (χ0n) is 12.5. The lowest BCUT2D eigenvalue weighted by molar-refractivity contribution is 0.0526. The number of nitrogens with one attached hydrogen (secondary N) is 1. The second-order valence-electron chi connectivity index (χ2n) is 5.50. The van der Waals surface area contributed by atoms with Crippen LogP contribution in [0, 0.1) is 5.92 Å². The third-order valence-electron chi connectivity index (χ3n) is 4.16. The Hall–Kier alpha value is -1.51. The Morgan fingerprint density at radius 3 is 2.85 bits per heavy atom. The third kappa shape index (κ3) is 3.75. The maximum absolute atomic E-state index is 11.8. The summed E-state index contributed by atoms with van der Waals surface area (Å²) in [5, 5.41) is 3.61. The van der Waals surface area contributed by atoms with Crippen molar-refractivity contribution in [3.63, 3.8) is 0 Å². The van der Waals surface area contributed by atoms with Crippen molar-refractivity contribution in [2.75, 3.05) is 11.9 Å². The highest BCUT2D eigenvalue weighted by atomic mass is 16.5. The predicted octanol–water partition coefficient (Wildman–Crippen LogP) is 4.24. The molecular weight excluding hydrogens is 250 g/mol. The Morgan fingerprint density at radius 2 is 2.10 bits per heavy atom. The lowest BCUT2D eigenvalue weighted by Crippen LogP contribution is -2.31. The summed E-state index contributed by atoms with van der Waals surface area (Å²) < 4.78 is 5.05. The molecule has 0 spiro atoms. The van der Waals surface area contributed by atoms with E-state index in [1.807, 2.05) is 25.1 Å². The smallest absolute Gasteiger partial charge is 0.338 e. The number of benzene rings is 1. The van der Waals surface area contributed by atoms with Crippen molar-refractivity contribution in [2.45, 2.75) is 52.0 Å². The van der Waals surface area contributed by atoms with E-state index in [2.05, 4.69) is 12.2 Å². The fourth-order valence-corrected chi connectivity index (χ4v) is 3.05. The Labute approximate surface area is 121 Å². The van der Waals surface area contributed by atoms with Crippen LogP contribution in [0.2, 0.25) is 0 Å². The zero-order chi connectivity index (χ0) is 14.4. The summed E-state index contributed by atoms with van der Waals surface area (Å²) in [7, 11) is 0. The molecule has 1 fully saturated rings. The monoisotopic (exact) mass is 275 g/mol. The van der Waals surface area contributed by atoms with Gasteiger partial charge in [0.15, 0.2) is 0 Å². The minimum atomic E-state index is -0.244. The second kappa shape index (κ2) is 7.32. The summed E-state index contributed by atoms with van der Waals surface area (Å²) in [4.78, 5) is 11.8. The largest absolute Gasteiger partial charge is 0.462 e. The van der Waals surface area contributed by atoms with Gasteiger partial charge in [-0.05, 0) is 43.9 Å². The van der Waals surface area contributed by atoms with E-state index < -0.39 is 0 Å². The van der Waals surface area contributed by atoms with Crippen LogP contribution in [0.15, 0.2) is 24.3 Å². The summed E-state index contributed by atoms with van der Waals surface area (Å²) in [6, 6.07) is 8.19. The molecule has 3 heteroatoms. The molecule has 2 unspecified atom stereocenters. The first-order valence-electron chi connectivity index (χ1n) is 7.78. The van der Waals surface area contributed by atoms with E-state index in [0.29, 0.717) is 18.2 Å². The maximum atomic E-state index is 11.8. The fraction of sp³-hybridized carbons (Fsp3) is 0.588. The molecule has 0 amide bonds. The molecule has 0 aromatic heterocycles. The topological polar surface area (TPSA) is 38.3 Å². The van der Waals surface area contributed by atoms with Crippen LogP contribution in [-0.4, -0.2) is 18.6 Å². The average Bonchev–Trinajstić information content (AvgIpc) is 2.48. The predicted molar refractivity (Wildman–Crippen MR) is 82.1 cm³/mol. The van der Waals surface area contributed by atoms with Gasteiger partial charge in [0.05, 0.1) is 12.2 Å². The first kappa shape index (κ1) is 14.9. The maximum Gasteiger partial charge on any atom is 0.338 e. The Bertz CT molecular complexity index is 444. The lowest BCUT2D eigenvalue weighted by atomic mass is 9.83. The average molecular weight is 275 g/mol. The van der Waals surface area contributed by atoms with Crippen LogP contribution in [-0.2, 0) is 4.74 Å². The van der Waals surface area contributed by atoms with Crippen molar-refractivity contribution in [1.29, 1.82) is 0 Å². The molecule has 2 atom stereocenters. The number of hydrogen-bond donors (Lipinski definition) is 1. The normalized spacial score (nSPS) is 22.3. The van der Waals surface area contributed by atoms with Crippen molar-refractivity contribution in [1.82, 2.24) is 0 Å². The van der Waals surface area contributed by atoms with Gasteiger partial charge in [0.2, 0.25) is 0 Å². The number of anilines is 1. The van der Waals surface area contributed by atoms with Gasteiger partial charge < -0.3 is 10.1 Å². The van der Waals surface area contributed by atoms with Gasteiger partial charge in [-0.1, -0.05) is 32.3 Å². The number of carbonyl (C=O) groups is 1. The highest BCUT2D eigenvalue weighted by Gasteiger charge is 2.23. The van der Waals surface area contributed by atoms with E-state index >= 15 is 0 Å². The Balaban J connectivity index is 2.05. The van der Waals surface area contributed by atoms with Crippen molar-refractivity contribution in [2.24, 2.45) is 5.92 Å². The second-order valence-corrected chi connectivity index (χ2v) is 5.50. The molecule has 2 rings (SSSR count). The zero-order valence-corrected chi connectivity index (χ0v) is 12.5. The van der Waals surface area contributed by atoms with E-state index in [1.54, 1.807) is 6.07 Å². The number of rotatable bonds is 5. The standard InChI is InChI=1S/C17H25NO2/c1-3-13-8-5-6-11-16(13)18-15-10-7-9-14(12-15)17(19)20-4-2/h7,9-10,12-13,16,18H,3-6,8,11H2,1-2H3. The summed E-state index contributed by atoms with van der Waals surface area (Å²) in [5.74, 6) is 0.502. The molecule has 0 radical (unpaired) electrons. The molecule has 0 bridgehead atoms. The summed E-state index contributed by atoms with van der Waals surface area (Å²) in [6.07, 6.45) is 6.40. The number of ether oxygens (including phenoxy) is 1. The van der Waals surface area contributed by atoms with Gasteiger partial charge in [-0.15, -0.1) is 0 Å². The SMILES string of the molecule is CCOC(=O)c1cccc(NC2CCCCC2CC)c1. The molecule has 1 aliphatic carbocycles. The molecule has 1 aromatic carbocycles. The van der Waals surface area contributed by atoms with Gasteiger partial charge in [-0.2, -0.15) is 0 Å². The molecule has 110 valence electrons. The number of hydrogen-bond acceptors (Lipinski definition) is 3. The van der Waals surface area contributed by atoms with Crippen molar-refractivity contribution < 1.29 is 9.53 Å². The fourth-order valence-electron chi connectivity index (χ4n) is 3.05. The van der Waals surface area contributed by atoms with E-state index in [4.69, 9.17) is 4.74 Å². The molecule has 20 heavy (non-hydrogen) atoms. The van der Waals surface area contributed by atoms with Crippen molar-refractivity contribution >= 4 is 11.7 Å². The number of esters is 1. The molecule has 0 heterocycles. The molecule has 0 saturated heterocycles. The van der Waals surface area contributed by atoms with Crippen LogP contribution in [0.3, 0.4) is 0 Å².